The number of rotatable bonds is 6. The van der Waals surface area contributed by atoms with Crippen molar-refractivity contribution in [2.75, 3.05) is 5.32 Å². The number of para-hydroxylation sites is 2. The van der Waals surface area contributed by atoms with Gasteiger partial charge in [-0.2, -0.15) is 0 Å². The largest absolute Gasteiger partial charge is 0.473 e. The van der Waals surface area contributed by atoms with Crippen LogP contribution in [0.4, 0.5) is 5.69 Å². The number of anilines is 1. The predicted molar refractivity (Wildman–Crippen MR) is 104 cm³/mol. The lowest BCUT2D eigenvalue weighted by Gasteiger charge is -2.08. The number of nitrogens with zero attached hydrogens (tertiary/aromatic N) is 2. The molecule has 0 aliphatic carbocycles. The van der Waals surface area contributed by atoms with Gasteiger partial charge in [0.2, 0.25) is 11.8 Å². The molecule has 7 heteroatoms. The predicted octanol–water partition coefficient (Wildman–Crippen LogP) is 3.21. The number of amides is 1. The van der Waals surface area contributed by atoms with E-state index in [9.17, 15) is 9.59 Å². The molecule has 7 nitrogen and oxygen atoms in total. The first-order valence-corrected chi connectivity index (χ1v) is 8.70. The number of oxazole rings is 1. The summed E-state index contributed by atoms with van der Waals surface area (Å²) >= 11 is 0. The van der Waals surface area contributed by atoms with Gasteiger partial charge in [0.15, 0.2) is 5.58 Å². The van der Waals surface area contributed by atoms with Crippen molar-refractivity contribution in [3.05, 3.63) is 89.0 Å². The number of ether oxygens (including phenoxy) is 1. The molecule has 4 rings (SSSR count). The summed E-state index contributed by atoms with van der Waals surface area (Å²) in [4.78, 5) is 28.4. The van der Waals surface area contributed by atoms with Crippen molar-refractivity contribution >= 4 is 22.7 Å². The van der Waals surface area contributed by atoms with E-state index < -0.39 is 5.76 Å². The van der Waals surface area contributed by atoms with Crippen LogP contribution in [0.5, 0.6) is 5.88 Å². The van der Waals surface area contributed by atoms with Crippen LogP contribution in [0.3, 0.4) is 0 Å². The van der Waals surface area contributed by atoms with E-state index >= 15 is 0 Å². The lowest BCUT2D eigenvalue weighted by molar-refractivity contribution is -0.116. The van der Waals surface area contributed by atoms with Crippen LogP contribution in [0.25, 0.3) is 11.1 Å². The van der Waals surface area contributed by atoms with E-state index in [2.05, 4.69) is 10.3 Å². The molecule has 2 aromatic carbocycles. The monoisotopic (exact) mass is 375 g/mol. The summed E-state index contributed by atoms with van der Waals surface area (Å²) in [6.45, 7) is 0.262. The lowest BCUT2D eigenvalue weighted by Crippen LogP contribution is -2.24. The topological polar surface area (TPSA) is 86.4 Å². The summed E-state index contributed by atoms with van der Waals surface area (Å²) < 4.78 is 12.0. The first-order chi connectivity index (χ1) is 13.7. The van der Waals surface area contributed by atoms with Gasteiger partial charge in [0.05, 0.1) is 17.4 Å². The van der Waals surface area contributed by atoms with Gasteiger partial charge in [-0.1, -0.05) is 42.5 Å². The molecular formula is C21H17N3O4. The van der Waals surface area contributed by atoms with E-state index in [1.807, 2.05) is 30.3 Å². The Morgan fingerprint density at radius 3 is 2.61 bits per heavy atom. The van der Waals surface area contributed by atoms with E-state index in [4.69, 9.17) is 9.15 Å². The molecule has 0 unspecified atom stereocenters. The van der Waals surface area contributed by atoms with Crippen LogP contribution >= 0.6 is 0 Å². The summed E-state index contributed by atoms with van der Waals surface area (Å²) in [5.74, 6) is -0.466. The SMILES string of the molecule is O=C(Cn1c(=O)oc2ccccc21)Nc1ccc(OCc2ccccc2)nc1. The number of hydrogen-bond acceptors (Lipinski definition) is 5. The molecule has 140 valence electrons. The summed E-state index contributed by atoms with van der Waals surface area (Å²) in [7, 11) is 0. The fraction of sp³-hybridized carbons (Fsp3) is 0.0952. The van der Waals surface area contributed by atoms with E-state index in [-0.39, 0.29) is 12.5 Å². The Morgan fingerprint density at radius 2 is 1.82 bits per heavy atom. The highest BCUT2D eigenvalue weighted by molar-refractivity contribution is 5.91. The van der Waals surface area contributed by atoms with Crippen molar-refractivity contribution in [2.45, 2.75) is 13.2 Å². The Morgan fingerprint density at radius 1 is 1.04 bits per heavy atom. The first kappa shape index (κ1) is 17.5. The smallest absolute Gasteiger partial charge is 0.420 e. The molecule has 0 aliphatic rings. The number of nitrogens with one attached hydrogen (secondary N) is 1. The van der Waals surface area contributed by atoms with Gasteiger partial charge >= 0.3 is 5.76 Å². The number of pyridine rings is 1. The highest BCUT2D eigenvalue weighted by Crippen LogP contribution is 2.15. The van der Waals surface area contributed by atoms with E-state index in [0.29, 0.717) is 29.3 Å². The Labute approximate surface area is 160 Å². The lowest BCUT2D eigenvalue weighted by atomic mass is 10.2. The van der Waals surface area contributed by atoms with Crippen LogP contribution in [-0.4, -0.2) is 15.5 Å². The third-order valence-corrected chi connectivity index (χ3v) is 4.13. The fourth-order valence-electron chi connectivity index (χ4n) is 2.78. The Balaban J connectivity index is 1.38. The molecule has 4 aromatic rings. The van der Waals surface area contributed by atoms with Crippen LogP contribution in [0.2, 0.25) is 0 Å². The van der Waals surface area contributed by atoms with Gasteiger partial charge in [-0.25, -0.2) is 9.78 Å². The molecule has 1 N–H and O–H groups in total. The number of benzene rings is 2. The molecule has 1 amide bonds. The average Bonchev–Trinajstić information content (AvgIpc) is 3.03. The van der Waals surface area contributed by atoms with Crippen LogP contribution in [0.15, 0.2) is 82.1 Å². The number of carbonyl (C=O) groups excluding carboxylic acids is 1. The minimum atomic E-state index is -0.570. The number of fused-ring (bicyclic) bond motifs is 1. The van der Waals surface area contributed by atoms with E-state index in [0.717, 1.165) is 5.56 Å². The third-order valence-electron chi connectivity index (χ3n) is 4.13. The van der Waals surface area contributed by atoms with Crippen molar-refractivity contribution in [2.24, 2.45) is 0 Å². The maximum absolute atomic E-state index is 12.3. The average molecular weight is 375 g/mol. The highest BCUT2D eigenvalue weighted by Gasteiger charge is 2.12. The normalized spacial score (nSPS) is 10.7. The molecular weight excluding hydrogens is 358 g/mol. The van der Waals surface area contributed by atoms with Gasteiger partial charge in [-0.05, 0) is 23.8 Å². The van der Waals surface area contributed by atoms with Gasteiger partial charge in [-0.3, -0.25) is 9.36 Å². The maximum Gasteiger partial charge on any atom is 0.420 e. The fourth-order valence-corrected chi connectivity index (χ4v) is 2.78. The molecule has 0 radical (unpaired) electrons. The van der Waals surface area contributed by atoms with Crippen molar-refractivity contribution in [3.63, 3.8) is 0 Å². The van der Waals surface area contributed by atoms with Crippen LogP contribution in [0, 0.1) is 0 Å². The highest BCUT2D eigenvalue weighted by atomic mass is 16.5. The second-order valence-corrected chi connectivity index (χ2v) is 6.13. The summed E-state index contributed by atoms with van der Waals surface area (Å²) in [6, 6.07) is 20.1. The zero-order chi connectivity index (χ0) is 19.3. The summed E-state index contributed by atoms with van der Waals surface area (Å²) in [5.41, 5.74) is 2.57. The Hall–Kier alpha value is -3.87. The van der Waals surface area contributed by atoms with Gasteiger partial charge in [0, 0.05) is 6.07 Å². The molecule has 0 aliphatic heterocycles. The van der Waals surface area contributed by atoms with Crippen molar-refractivity contribution in [1.82, 2.24) is 9.55 Å². The molecule has 0 saturated carbocycles. The van der Waals surface area contributed by atoms with Crippen LogP contribution in [0.1, 0.15) is 5.56 Å². The molecule has 2 heterocycles. The van der Waals surface area contributed by atoms with Crippen molar-refractivity contribution < 1.29 is 13.9 Å². The van der Waals surface area contributed by atoms with Gasteiger partial charge < -0.3 is 14.5 Å². The van der Waals surface area contributed by atoms with Gasteiger partial charge in [0.1, 0.15) is 13.2 Å². The van der Waals surface area contributed by atoms with Crippen LogP contribution < -0.4 is 15.8 Å². The number of aromatic nitrogens is 2. The van der Waals surface area contributed by atoms with E-state index in [1.165, 1.54) is 10.8 Å². The van der Waals surface area contributed by atoms with Gasteiger partial charge in [0.25, 0.3) is 0 Å². The Kier molecular flexibility index (Phi) is 4.88. The minimum absolute atomic E-state index is 0.151. The van der Waals surface area contributed by atoms with Crippen LogP contribution in [-0.2, 0) is 17.9 Å². The van der Waals surface area contributed by atoms with Crippen molar-refractivity contribution in [3.8, 4) is 5.88 Å². The molecule has 28 heavy (non-hydrogen) atoms. The number of carbonyl (C=O) groups is 1. The quantitative estimate of drug-likeness (QED) is 0.559. The zero-order valence-electron chi connectivity index (χ0n) is 14.9. The molecule has 0 fully saturated rings. The first-order valence-electron chi connectivity index (χ1n) is 8.70. The van der Waals surface area contributed by atoms with E-state index in [1.54, 1.807) is 36.4 Å². The molecule has 0 spiro atoms. The zero-order valence-corrected chi connectivity index (χ0v) is 14.9. The standard InChI is InChI=1S/C21H17N3O4/c25-19(13-24-17-8-4-5-9-18(17)28-21(24)26)23-16-10-11-20(22-12-16)27-14-15-6-2-1-3-7-15/h1-12H,13-14H2,(H,23,25). The Bertz CT molecular complexity index is 1150. The summed E-state index contributed by atoms with van der Waals surface area (Å²) in [5, 5.41) is 2.71. The molecule has 2 aromatic heterocycles. The second kappa shape index (κ2) is 7.79. The van der Waals surface area contributed by atoms with Crippen molar-refractivity contribution in [1.29, 1.82) is 0 Å². The molecule has 0 saturated heterocycles. The molecule has 0 bridgehead atoms. The molecule has 0 atom stereocenters. The number of hydrogen-bond donors (Lipinski definition) is 1. The minimum Gasteiger partial charge on any atom is -0.473 e. The maximum atomic E-state index is 12.3. The summed E-state index contributed by atoms with van der Waals surface area (Å²) in [6.07, 6.45) is 1.51. The third kappa shape index (κ3) is 3.93. The van der Waals surface area contributed by atoms with Gasteiger partial charge in [-0.15, -0.1) is 0 Å². The second-order valence-electron chi connectivity index (χ2n) is 6.13.